The monoisotopic (exact) mass is 274 g/mol. The number of nitrogens with zero attached hydrogens (tertiary/aromatic N) is 2. The van der Waals surface area contributed by atoms with Crippen LogP contribution in [0.2, 0.25) is 0 Å². The minimum atomic E-state index is -4.18. The lowest BCUT2D eigenvalue weighted by atomic mass is 9.97. The molecule has 0 spiro atoms. The molecular formula is C12H13F3N2O2. The quantitative estimate of drug-likeness (QED) is 0.613. The molecule has 1 aromatic carbocycles. The number of benzene rings is 1. The van der Waals surface area contributed by atoms with Crippen LogP contribution in [0.5, 0.6) is 0 Å². The van der Waals surface area contributed by atoms with E-state index in [1.807, 2.05) is 0 Å². The van der Waals surface area contributed by atoms with E-state index in [1.165, 1.54) is 24.3 Å². The van der Waals surface area contributed by atoms with Gasteiger partial charge in [0.25, 0.3) is 5.69 Å². The summed E-state index contributed by atoms with van der Waals surface area (Å²) in [6.07, 6.45) is -3.56. The molecule has 0 radical (unpaired) electrons. The fourth-order valence-corrected chi connectivity index (χ4v) is 2.26. The molecule has 0 N–H and O–H groups in total. The molecule has 2 rings (SSSR count). The molecule has 0 bridgehead atoms. The third kappa shape index (κ3) is 3.15. The molecule has 0 unspecified atom stereocenters. The molecular weight excluding hydrogens is 261 g/mol. The van der Waals surface area contributed by atoms with Gasteiger partial charge in [-0.2, -0.15) is 13.2 Å². The van der Waals surface area contributed by atoms with Crippen LogP contribution < -0.4 is 4.90 Å². The molecule has 104 valence electrons. The van der Waals surface area contributed by atoms with Crippen molar-refractivity contribution < 1.29 is 18.1 Å². The molecule has 1 aliphatic rings. The first-order chi connectivity index (χ1) is 8.88. The summed E-state index contributed by atoms with van der Waals surface area (Å²) >= 11 is 0. The number of non-ortho nitro benzene ring substituents is 1. The van der Waals surface area contributed by atoms with E-state index in [2.05, 4.69) is 0 Å². The van der Waals surface area contributed by atoms with E-state index in [4.69, 9.17) is 0 Å². The highest BCUT2D eigenvalue weighted by molar-refractivity contribution is 5.51. The fraction of sp³-hybridized carbons (Fsp3) is 0.500. The van der Waals surface area contributed by atoms with Crippen LogP contribution in [-0.2, 0) is 0 Å². The van der Waals surface area contributed by atoms with Crippen molar-refractivity contribution in [1.82, 2.24) is 0 Å². The number of nitro groups is 1. The Hall–Kier alpha value is -1.79. The molecule has 0 aromatic heterocycles. The van der Waals surface area contributed by atoms with Gasteiger partial charge in [0.15, 0.2) is 0 Å². The Morgan fingerprint density at radius 3 is 2.42 bits per heavy atom. The van der Waals surface area contributed by atoms with Gasteiger partial charge >= 0.3 is 6.18 Å². The summed E-state index contributed by atoms with van der Waals surface area (Å²) < 4.78 is 38.1. The molecule has 0 amide bonds. The molecule has 1 fully saturated rings. The molecule has 1 aromatic rings. The number of piperidine rings is 1. The first-order valence-electron chi connectivity index (χ1n) is 5.94. The van der Waals surface area contributed by atoms with Crippen LogP contribution in [0, 0.1) is 16.0 Å². The van der Waals surface area contributed by atoms with Gasteiger partial charge in [-0.05, 0) is 25.0 Å². The molecule has 1 atom stereocenters. The molecule has 1 aliphatic heterocycles. The number of hydrogen-bond acceptors (Lipinski definition) is 3. The third-order valence-corrected chi connectivity index (χ3v) is 3.31. The maximum absolute atomic E-state index is 12.7. The van der Waals surface area contributed by atoms with Gasteiger partial charge in [-0.15, -0.1) is 0 Å². The predicted octanol–water partition coefficient (Wildman–Crippen LogP) is 3.37. The van der Waals surface area contributed by atoms with Crippen LogP contribution in [0.15, 0.2) is 24.3 Å². The fourth-order valence-electron chi connectivity index (χ4n) is 2.26. The number of rotatable bonds is 2. The Bertz CT molecular complexity index is 459. The summed E-state index contributed by atoms with van der Waals surface area (Å²) in [6, 6.07) is 5.62. The number of hydrogen-bond donors (Lipinski definition) is 0. The van der Waals surface area contributed by atoms with Crippen molar-refractivity contribution in [2.24, 2.45) is 5.92 Å². The highest BCUT2D eigenvalue weighted by Crippen LogP contribution is 2.35. The van der Waals surface area contributed by atoms with Crippen molar-refractivity contribution >= 4 is 11.4 Å². The van der Waals surface area contributed by atoms with E-state index in [-0.39, 0.29) is 18.7 Å². The molecule has 4 nitrogen and oxygen atoms in total. The predicted molar refractivity (Wildman–Crippen MR) is 64.1 cm³/mol. The number of alkyl halides is 3. The second-order valence-corrected chi connectivity index (χ2v) is 4.60. The average Bonchev–Trinajstić information content (AvgIpc) is 2.38. The normalized spacial score (nSPS) is 20.4. The van der Waals surface area contributed by atoms with Gasteiger partial charge in [-0.1, -0.05) is 0 Å². The van der Waals surface area contributed by atoms with Gasteiger partial charge < -0.3 is 4.90 Å². The molecule has 19 heavy (non-hydrogen) atoms. The smallest absolute Gasteiger partial charge is 0.371 e. The third-order valence-electron chi connectivity index (χ3n) is 3.31. The maximum atomic E-state index is 12.7. The molecule has 0 saturated carbocycles. The van der Waals surface area contributed by atoms with Crippen molar-refractivity contribution in [3.63, 3.8) is 0 Å². The molecule has 0 aliphatic carbocycles. The minimum Gasteiger partial charge on any atom is -0.371 e. The van der Waals surface area contributed by atoms with Crippen molar-refractivity contribution in [3.8, 4) is 0 Å². The Morgan fingerprint density at radius 1 is 1.26 bits per heavy atom. The summed E-state index contributed by atoms with van der Waals surface area (Å²) in [6.45, 7) is 0.464. The SMILES string of the molecule is O=[N+]([O-])c1ccc(N2CCC[C@H](C(F)(F)F)C2)cc1. The standard InChI is InChI=1S/C12H13F3N2O2/c13-12(14,15)9-2-1-7-16(8-9)10-3-5-11(6-4-10)17(18)19/h3-6,9H,1-2,7-8H2/t9-/m0/s1. The topological polar surface area (TPSA) is 46.4 Å². The van der Waals surface area contributed by atoms with E-state index in [0.29, 0.717) is 18.7 Å². The Morgan fingerprint density at radius 2 is 1.89 bits per heavy atom. The lowest BCUT2D eigenvalue weighted by Gasteiger charge is -2.35. The highest BCUT2D eigenvalue weighted by Gasteiger charge is 2.41. The van der Waals surface area contributed by atoms with Crippen molar-refractivity contribution in [2.75, 3.05) is 18.0 Å². The van der Waals surface area contributed by atoms with Crippen molar-refractivity contribution in [1.29, 1.82) is 0 Å². The highest BCUT2D eigenvalue weighted by atomic mass is 19.4. The Kier molecular flexibility index (Phi) is 3.64. The summed E-state index contributed by atoms with van der Waals surface area (Å²) in [5.74, 6) is -1.32. The van der Waals surface area contributed by atoms with Gasteiger partial charge in [0.1, 0.15) is 0 Å². The van der Waals surface area contributed by atoms with E-state index in [0.717, 1.165) is 0 Å². The Labute approximate surface area is 108 Å². The first-order valence-corrected chi connectivity index (χ1v) is 5.94. The second-order valence-electron chi connectivity index (χ2n) is 4.60. The molecule has 7 heteroatoms. The van der Waals surface area contributed by atoms with Gasteiger partial charge in [0.05, 0.1) is 10.8 Å². The average molecular weight is 274 g/mol. The van der Waals surface area contributed by atoms with Crippen LogP contribution in [0.25, 0.3) is 0 Å². The van der Waals surface area contributed by atoms with Gasteiger partial charge in [0.2, 0.25) is 0 Å². The first kappa shape index (κ1) is 13.6. The number of anilines is 1. The van der Waals surface area contributed by atoms with E-state index in [1.54, 1.807) is 4.90 Å². The van der Waals surface area contributed by atoms with Crippen molar-refractivity contribution in [2.45, 2.75) is 19.0 Å². The van der Waals surface area contributed by atoms with Crippen LogP contribution >= 0.6 is 0 Å². The van der Waals surface area contributed by atoms with Gasteiger partial charge in [-0.3, -0.25) is 10.1 Å². The Balaban J connectivity index is 2.11. The van der Waals surface area contributed by atoms with Crippen LogP contribution in [0.4, 0.5) is 24.5 Å². The maximum Gasteiger partial charge on any atom is 0.393 e. The molecule has 1 saturated heterocycles. The lowest BCUT2D eigenvalue weighted by molar-refractivity contribution is -0.384. The van der Waals surface area contributed by atoms with Crippen LogP contribution in [0.1, 0.15) is 12.8 Å². The largest absolute Gasteiger partial charge is 0.393 e. The van der Waals surface area contributed by atoms with Crippen molar-refractivity contribution in [3.05, 3.63) is 34.4 Å². The minimum absolute atomic E-state index is 0.0619. The van der Waals surface area contributed by atoms with Crippen LogP contribution in [0.3, 0.4) is 0 Å². The molecule has 1 heterocycles. The zero-order valence-corrected chi connectivity index (χ0v) is 10.1. The zero-order valence-electron chi connectivity index (χ0n) is 10.1. The second kappa shape index (κ2) is 5.07. The summed E-state index contributed by atoms with van der Waals surface area (Å²) in [5.41, 5.74) is 0.535. The van der Waals surface area contributed by atoms with Gasteiger partial charge in [-0.25, -0.2) is 0 Å². The number of halogens is 3. The van der Waals surface area contributed by atoms with Gasteiger partial charge in [0, 0.05) is 30.9 Å². The van der Waals surface area contributed by atoms with E-state index >= 15 is 0 Å². The summed E-state index contributed by atoms with van der Waals surface area (Å²) in [4.78, 5) is 11.6. The number of nitro benzene ring substituents is 1. The summed E-state index contributed by atoms with van der Waals surface area (Å²) in [5, 5.41) is 10.5. The van der Waals surface area contributed by atoms with E-state index in [9.17, 15) is 23.3 Å². The van der Waals surface area contributed by atoms with Crippen LogP contribution in [-0.4, -0.2) is 24.2 Å². The lowest BCUT2D eigenvalue weighted by Crippen LogP contribution is -2.41. The summed E-state index contributed by atoms with van der Waals surface area (Å²) in [7, 11) is 0. The van der Waals surface area contributed by atoms with E-state index < -0.39 is 17.0 Å². The zero-order chi connectivity index (χ0) is 14.0.